The quantitative estimate of drug-likeness (QED) is 0.875. The van der Waals surface area contributed by atoms with Crippen LogP contribution in [0.2, 0.25) is 0 Å². The first kappa shape index (κ1) is 14.8. The van der Waals surface area contributed by atoms with Crippen molar-refractivity contribution in [2.24, 2.45) is 0 Å². The fourth-order valence-electron chi connectivity index (χ4n) is 3.66. The minimum atomic E-state index is -0.192. The highest BCUT2D eigenvalue weighted by Crippen LogP contribution is 2.45. The topological polar surface area (TPSA) is 59.2 Å². The van der Waals surface area contributed by atoms with Crippen LogP contribution in [0.4, 0.5) is 0 Å². The number of carbonyl (C=O) groups is 2. The van der Waals surface area contributed by atoms with E-state index in [4.69, 9.17) is 4.74 Å². The summed E-state index contributed by atoms with van der Waals surface area (Å²) in [6.45, 7) is 2.13. The van der Waals surface area contributed by atoms with Crippen molar-refractivity contribution in [2.45, 2.75) is 44.4 Å². The minimum Gasteiger partial charge on any atom is -0.469 e. The molecule has 0 amide bonds. The average molecular weight is 299 g/mol. The van der Waals surface area contributed by atoms with E-state index in [1.165, 1.54) is 7.11 Å². The van der Waals surface area contributed by atoms with Crippen LogP contribution in [-0.2, 0) is 14.9 Å². The molecule has 1 aliphatic rings. The van der Waals surface area contributed by atoms with Crippen molar-refractivity contribution in [3.63, 3.8) is 0 Å². The molecule has 4 heteroatoms. The normalized spacial score (nSPS) is 20.9. The van der Waals surface area contributed by atoms with Crippen LogP contribution in [0.15, 0.2) is 24.3 Å². The summed E-state index contributed by atoms with van der Waals surface area (Å²) in [5, 5.41) is 0.998. The van der Waals surface area contributed by atoms with Crippen LogP contribution in [-0.4, -0.2) is 23.8 Å². The molecule has 0 unspecified atom stereocenters. The number of fused-ring (bicyclic) bond motifs is 3. The molecule has 1 heterocycles. The van der Waals surface area contributed by atoms with Gasteiger partial charge in [-0.15, -0.1) is 0 Å². The Morgan fingerprint density at radius 2 is 2.14 bits per heavy atom. The standard InChI is InChI=1S/C18H21NO3/c1-3-18(11-9-15(21)22-2)10-8-14(20)16-12-6-4-5-7-13(12)19-17(16)18/h4-7,19H,3,8-11H2,1-2H3/t18-/m1/s1. The molecule has 22 heavy (non-hydrogen) atoms. The largest absolute Gasteiger partial charge is 0.469 e. The van der Waals surface area contributed by atoms with Crippen LogP contribution in [0.25, 0.3) is 10.9 Å². The SMILES string of the molecule is CC[C@]1(CCC(=O)OC)CCC(=O)c2c1[nH]c1ccccc21. The van der Waals surface area contributed by atoms with E-state index in [1.807, 2.05) is 24.3 Å². The second-order valence-electron chi connectivity index (χ2n) is 6.05. The molecule has 1 atom stereocenters. The molecule has 2 aromatic rings. The summed E-state index contributed by atoms with van der Waals surface area (Å²) in [5.74, 6) is 0.0111. The Bertz CT molecular complexity index is 731. The second kappa shape index (κ2) is 5.59. The maximum atomic E-state index is 12.4. The number of carbonyl (C=O) groups excluding carboxylic acids is 2. The predicted octanol–water partition coefficient (Wildman–Crippen LogP) is 3.75. The number of H-pyrrole nitrogens is 1. The molecule has 0 fully saturated rings. The van der Waals surface area contributed by atoms with Crippen molar-refractivity contribution in [2.75, 3.05) is 7.11 Å². The molecule has 0 radical (unpaired) electrons. The van der Waals surface area contributed by atoms with Crippen molar-refractivity contribution in [1.29, 1.82) is 0 Å². The molecule has 0 saturated carbocycles. The Hall–Kier alpha value is -2.10. The Morgan fingerprint density at radius 1 is 1.36 bits per heavy atom. The van der Waals surface area contributed by atoms with Crippen molar-refractivity contribution in [3.8, 4) is 0 Å². The molecular weight excluding hydrogens is 278 g/mol. The van der Waals surface area contributed by atoms with Gasteiger partial charge in [0.25, 0.3) is 0 Å². The van der Waals surface area contributed by atoms with Crippen molar-refractivity contribution in [3.05, 3.63) is 35.5 Å². The van der Waals surface area contributed by atoms with E-state index < -0.39 is 0 Å². The van der Waals surface area contributed by atoms with E-state index in [2.05, 4.69) is 11.9 Å². The van der Waals surface area contributed by atoms with Gasteiger partial charge in [0, 0.05) is 40.4 Å². The van der Waals surface area contributed by atoms with Gasteiger partial charge in [-0.25, -0.2) is 0 Å². The first-order valence-electron chi connectivity index (χ1n) is 7.82. The lowest BCUT2D eigenvalue weighted by Crippen LogP contribution is -2.33. The molecule has 1 aliphatic carbocycles. The highest BCUT2D eigenvalue weighted by Gasteiger charge is 2.40. The van der Waals surface area contributed by atoms with E-state index >= 15 is 0 Å². The zero-order chi connectivity index (χ0) is 15.7. The highest BCUT2D eigenvalue weighted by molar-refractivity contribution is 6.10. The van der Waals surface area contributed by atoms with Gasteiger partial charge < -0.3 is 9.72 Å². The zero-order valence-electron chi connectivity index (χ0n) is 13.1. The Morgan fingerprint density at radius 3 is 2.86 bits per heavy atom. The minimum absolute atomic E-state index is 0.142. The first-order valence-corrected chi connectivity index (χ1v) is 7.82. The number of hydrogen-bond donors (Lipinski definition) is 1. The number of aromatic amines is 1. The van der Waals surface area contributed by atoms with E-state index in [9.17, 15) is 9.59 Å². The smallest absolute Gasteiger partial charge is 0.305 e. The van der Waals surface area contributed by atoms with Gasteiger partial charge >= 0.3 is 5.97 Å². The summed E-state index contributed by atoms with van der Waals surface area (Å²) in [6, 6.07) is 7.92. The molecular formula is C18H21NO3. The number of esters is 1. The molecule has 0 bridgehead atoms. The summed E-state index contributed by atoms with van der Waals surface area (Å²) in [7, 11) is 1.42. The van der Waals surface area contributed by atoms with Crippen LogP contribution in [0.3, 0.4) is 0 Å². The number of para-hydroxylation sites is 1. The van der Waals surface area contributed by atoms with Gasteiger partial charge in [-0.05, 0) is 25.3 Å². The van der Waals surface area contributed by atoms with E-state index in [1.54, 1.807) is 0 Å². The fraction of sp³-hybridized carbons (Fsp3) is 0.444. The van der Waals surface area contributed by atoms with E-state index in [-0.39, 0.29) is 17.2 Å². The maximum Gasteiger partial charge on any atom is 0.305 e. The van der Waals surface area contributed by atoms with Crippen LogP contribution >= 0.6 is 0 Å². The van der Waals surface area contributed by atoms with Gasteiger partial charge in [-0.3, -0.25) is 9.59 Å². The Kier molecular flexibility index (Phi) is 3.77. The third kappa shape index (κ3) is 2.23. The number of nitrogens with one attached hydrogen (secondary N) is 1. The van der Waals surface area contributed by atoms with E-state index in [0.29, 0.717) is 19.3 Å². The number of ether oxygens (including phenoxy) is 1. The number of benzene rings is 1. The lowest BCUT2D eigenvalue weighted by molar-refractivity contribution is -0.141. The second-order valence-corrected chi connectivity index (χ2v) is 6.05. The predicted molar refractivity (Wildman–Crippen MR) is 85.1 cm³/mol. The van der Waals surface area contributed by atoms with Gasteiger partial charge in [-0.2, -0.15) is 0 Å². The number of ketones is 1. The zero-order valence-corrected chi connectivity index (χ0v) is 13.1. The van der Waals surface area contributed by atoms with Crippen LogP contribution < -0.4 is 0 Å². The third-order valence-corrected chi connectivity index (χ3v) is 5.06. The fourth-order valence-corrected chi connectivity index (χ4v) is 3.66. The number of aromatic nitrogens is 1. The number of Topliss-reactive ketones (excluding diaryl/α,β-unsaturated/α-hetero) is 1. The monoisotopic (exact) mass is 299 g/mol. The van der Waals surface area contributed by atoms with Crippen molar-refractivity contribution >= 4 is 22.7 Å². The summed E-state index contributed by atoms with van der Waals surface area (Å²) < 4.78 is 4.78. The number of methoxy groups -OCH3 is 1. The molecule has 0 saturated heterocycles. The maximum absolute atomic E-state index is 12.4. The lowest BCUT2D eigenvalue weighted by Gasteiger charge is -2.36. The van der Waals surface area contributed by atoms with E-state index in [0.717, 1.165) is 35.0 Å². The molecule has 116 valence electrons. The van der Waals surface area contributed by atoms with Gasteiger partial charge in [0.1, 0.15) is 0 Å². The molecule has 1 aromatic carbocycles. The van der Waals surface area contributed by atoms with Crippen molar-refractivity contribution in [1.82, 2.24) is 4.98 Å². The number of hydrogen-bond acceptors (Lipinski definition) is 3. The van der Waals surface area contributed by atoms with Crippen LogP contribution in [0.5, 0.6) is 0 Å². The number of rotatable bonds is 4. The van der Waals surface area contributed by atoms with Gasteiger partial charge in [0.15, 0.2) is 5.78 Å². The average Bonchev–Trinajstić information content (AvgIpc) is 2.95. The third-order valence-electron chi connectivity index (χ3n) is 5.06. The molecule has 0 aliphatic heterocycles. The lowest BCUT2D eigenvalue weighted by atomic mass is 9.68. The molecule has 1 N–H and O–H groups in total. The van der Waals surface area contributed by atoms with Gasteiger partial charge in [0.2, 0.25) is 0 Å². The van der Waals surface area contributed by atoms with Crippen LogP contribution in [0, 0.1) is 0 Å². The van der Waals surface area contributed by atoms with Gasteiger partial charge in [-0.1, -0.05) is 25.1 Å². The first-order chi connectivity index (χ1) is 10.6. The Balaban J connectivity index is 2.09. The molecule has 4 nitrogen and oxygen atoms in total. The molecule has 3 rings (SSSR count). The molecule has 1 aromatic heterocycles. The highest BCUT2D eigenvalue weighted by atomic mass is 16.5. The summed E-state index contributed by atoms with van der Waals surface area (Å²) in [5.41, 5.74) is 2.69. The molecule has 0 spiro atoms. The van der Waals surface area contributed by atoms with Crippen molar-refractivity contribution < 1.29 is 14.3 Å². The summed E-state index contributed by atoms with van der Waals surface area (Å²) in [4.78, 5) is 27.5. The Labute approximate surface area is 129 Å². The van der Waals surface area contributed by atoms with Crippen LogP contribution in [0.1, 0.15) is 55.1 Å². The summed E-state index contributed by atoms with van der Waals surface area (Å²) in [6.07, 6.45) is 3.33. The summed E-state index contributed by atoms with van der Waals surface area (Å²) >= 11 is 0. The van der Waals surface area contributed by atoms with Gasteiger partial charge in [0.05, 0.1) is 7.11 Å².